The van der Waals surface area contributed by atoms with Crippen molar-refractivity contribution in [3.63, 3.8) is 0 Å². The molecule has 1 N–H and O–H groups in total. The van der Waals surface area contributed by atoms with E-state index >= 15 is 0 Å². The van der Waals surface area contributed by atoms with Crippen molar-refractivity contribution in [2.75, 3.05) is 6.54 Å². The van der Waals surface area contributed by atoms with Gasteiger partial charge in [0, 0.05) is 23.7 Å². The van der Waals surface area contributed by atoms with Crippen molar-refractivity contribution >= 4 is 17.6 Å². The van der Waals surface area contributed by atoms with Crippen LogP contribution in [0.4, 0.5) is 4.79 Å². The van der Waals surface area contributed by atoms with Crippen molar-refractivity contribution in [1.29, 1.82) is 0 Å². The minimum absolute atomic E-state index is 0.0649. The number of urea groups is 1. The highest BCUT2D eigenvalue weighted by Gasteiger charge is 2.24. The van der Waals surface area contributed by atoms with Gasteiger partial charge in [-0.1, -0.05) is 29.8 Å². The highest BCUT2D eigenvalue weighted by Crippen LogP contribution is 2.16. The maximum Gasteiger partial charge on any atom is 0.318 e. The molecule has 0 aliphatic heterocycles. The molecular formula is C14H21ClN2O. The van der Waals surface area contributed by atoms with Gasteiger partial charge in [-0.05, 0) is 39.3 Å². The van der Waals surface area contributed by atoms with Gasteiger partial charge in [-0.3, -0.25) is 0 Å². The summed E-state index contributed by atoms with van der Waals surface area (Å²) in [6.45, 7) is 9.16. The molecule has 0 aliphatic rings. The van der Waals surface area contributed by atoms with Gasteiger partial charge in [0.2, 0.25) is 0 Å². The van der Waals surface area contributed by atoms with Crippen LogP contribution in [0, 0.1) is 0 Å². The number of rotatable bonds is 3. The Kier molecular flexibility index (Phi) is 5.03. The first-order chi connectivity index (χ1) is 8.36. The third-order valence-electron chi connectivity index (χ3n) is 2.76. The summed E-state index contributed by atoms with van der Waals surface area (Å²) in [5.41, 5.74) is 0.747. The Bertz CT molecular complexity index is 413. The number of nitrogens with one attached hydrogen (secondary N) is 1. The summed E-state index contributed by atoms with van der Waals surface area (Å²) >= 11 is 6.05. The Balaban J connectivity index is 2.64. The van der Waals surface area contributed by atoms with Gasteiger partial charge in [0.1, 0.15) is 0 Å². The SMILES string of the molecule is CCN(C(=O)NCc1ccccc1Cl)C(C)(C)C. The number of nitrogens with zero attached hydrogens (tertiary/aromatic N) is 1. The van der Waals surface area contributed by atoms with E-state index in [1.807, 2.05) is 52.0 Å². The zero-order valence-electron chi connectivity index (χ0n) is 11.5. The van der Waals surface area contributed by atoms with Gasteiger partial charge >= 0.3 is 6.03 Å². The number of hydrogen-bond donors (Lipinski definition) is 1. The van der Waals surface area contributed by atoms with Crippen LogP contribution >= 0.6 is 11.6 Å². The van der Waals surface area contributed by atoms with E-state index in [0.29, 0.717) is 18.1 Å². The molecule has 0 saturated heterocycles. The molecule has 1 aromatic carbocycles. The van der Waals surface area contributed by atoms with Gasteiger partial charge in [-0.15, -0.1) is 0 Å². The summed E-state index contributed by atoms with van der Waals surface area (Å²) in [6.07, 6.45) is 0. The van der Waals surface area contributed by atoms with E-state index in [4.69, 9.17) is 11.6 Å². The third kappa shape index (κ3) is 3.91. The fraction of sp³-hybridized carbons (Fsp3) is 0.500. The number of benzene rings is 1. The second-order valence-electron chi connectivity index (χ2n) is 5.17. The van der Waals surface area contributed by atoms with E-state index in [-0.39, 0.29) is 11.6 Å². The van der Waals surface area contributed by atoms with Gasteiger partial charge in [0.25, 0.3) is 0 Å². The Morgan fingerprint density at radius 3 is 2.44 bits per heavy atom. The fourth-order valence-electron chi connectivity index (χ4n) is 1.83. The van der Waals surface area contributed by atoms with Crippen molar-refractivity contribution in [2.24, 2.45) is 0 Å². The Morgan fingerprint density at radius 2 is 1.94 bits per heavy atom. The molecule has 0 aliphatic carbocycles. The second kappa shape index (κ2) is 6.10. The molecule has 0 radical (unpaired) electrons. The molecule has 18 heavy (non-hydrogen) atoms. The van der Waals surface area contributed by atoms with E-state index in [2.05, 4.69) is 5.32 Å². The van der Waals surface area contributed by atoms with Crippen LogP contribution < -0.4 is 5.32 Å². The van der Waals surface area contributed by atoms with Crippen molar-refractivity contribution in [2.45, 2.75) is 39.8 Å². The standard InChI is InChI=1S/C14H21ClN2O/c1-5-17(14(2,3)4)13(18)16-10-11-8-6-7-9-12(11)15/h6-9H,5,10H2,1-4H3,(H,16,18). The predicted molar refractivity (Wildman–Crippen MR) is 75.8 cm³/mol. The fourth-order valence-corrected chi connectivity index (χ4v) is 2.03. The lowest BCUT2D eigenvalue weighted by molar-refractivity contribution is 0.149. The van der Waals surface area contributed by atoms with E-state index in [9.17, 15) is 4.79 Å². The predicted octanol–water partition coefficient (Wildman–Crippen LogP) is 3.67. The zero-order chi connectivity index (χ0) is 13.8. The summed E-state index contributed by atoms with van der Waals surface area (Å²) in [5, 5.41) is 3.58. The Morgan fingerprint density at radius 1 is 1.33 bits per heavy atom. The third-order valence-corrected chi connectivity index (χ3v) is 3.13. The lowest BCUT2D eigenvalue weighted by Crippen LogP contribution is -2.50. The van der Waals surface area contributed by atoms with E-state index in [1.165, 1.54) is 0 Å². The van der Waals surface area contributed by atoms with Gasteiger partial charge in [0.05, 0.1) is 0 Å². The first-order valence-electron chi connectivity index (χ1n) is 6.15. The van der Waals surface area contributed by atoms with Crippen LogP contribution in [0.15, 0.2) is 24.3 Å². The maximum absolute atomic E-state index is 12.1. The molecule has 0 bridgehead atoms. The number of halogens is 1. The molecule has 0 fully saturated rings. The Hall–Kier alpha value is -1.22. The molecule has 1 rings (SSSR count). The minimum atomic E-state index is -0.181. The molecular weight excluding hydrogens is 248 g/mol. The van der Waals surface area contributed by atoms with Crippen LogP contribution in [-0.4, -0.2) is 23.0 Å². The molecule has 0 spiro atoms. The first kappa shape index (κ1) is 14.8. The van der Waals surface area contributed by atoms with Gasteiger partial charge in [0.15, 0.2) is 0 Å². The zero-order valence-corrected chi connectivity index (χ0v) is 12.2. The molecule has 0 saturated carbocycles. The molecule has 0 unspecified atom stereocenters. The molecule has 1 aromatic rings. The highest BCUT2D eigenvalue weighted by atomic mass is 35.5. The van der Waals surface area contributed by atoms with Crippen molar-refractivity contribution in [3.05, 3.63) is 34.9 Å². The van der Waals surface area contributed by atoms with Crippen LogP contribution in [0.5, 0.6) is 0 Å². The minimum Gasteiger partial charge on any atom is -0.334 e. The van der Waals surface area contributed by atoms with Crippen LogP contribution in [0.3, 0.4) is 0 Å². The Labute approximate surface area is 114 Å². The van der Waals surface area contributed by atoms with E-state index in [1.54, 1.807) is 4.90 Å². The molecule has 0 aromatic heterocycles. The van der Waals surface area contributed by atoms with Crippen LogP contribution in [-0.2, 0) is 6.54 Å². The molecule has 0 atom stereocenters. The normalized spacial score (nSPS) is 11.2. The number of hydrogen-bond acceptors (Lipinski definition) is 1. The number of carbonyl (C=O) groups excluding carboxylic acids is 1. The molecule has 2 amide bonds. The van der Waals surface area contributed by atoms with Gasteiger partial charge in [-0.2, -0.15) is 0 Å². The highest BCUT2D eigenvalue weighted by molar-refractivity contribution is 6.31. The second-order valence-corrected chi connectivity index (χ2v) is 5.57. The summed E-state index contributed by atoms with van der Waals surface area (Å²) in [6, 6.07) is 7.46. The molecule has 100 valence electrons. The molecule has 3 nitrogen and oxygen atoms in total. The number of amides is 2. The van der Waals surface area contributed by atoms with Crippen molar-refractivity contribution in [3.8, 4) is 0 Å². The molecule has 4 heteroatoms. The monoisotopic (exact) mass is 268 g/mol. The smallest absolute Gasteiger partial charge is 0.318 e. The maximum atomic E-state index is 12.1. The molecule has 0 heterocycles. The lowest BCUT2D eigenvalue weighted by Gasteiger charge is -2.34. The van der Waals surface area contributed by atoms with Crippen LogP contribution in [0.1, 0.15) is 33.3 Å². The summed E-state index contributed by atoms with van der Waals surface area (Å²) in [4.78, 5) is 13.9. The quantitative estimate of drug-likeness (QED) is 0.891. The summed E-state index contributed by atoms with van der Waals surface area (Å²) in [5.74, 6) is 0. The topological polar surface area (TPSA) is 32.3 Å². The average molecular weight is 269 g/mol. The average Bonchev–Trinajstić information content (AvgIpc) is 2.27. The van der Waals surface area contributed by atoms with E-state index in [0.717, 1.165) is 5.56 Å². The largest absolute Gasteiger partial charge is 0.334 e. The van der Waals surface area contributed by atoms with Crippen LogP contribution in [0.2, 0.25) is 5.02 Å². The van der Waals surface area contributed by atoms with Crippen LogP contribution in [0.25, 0.3) is 0 Å². The summed E-state index contributed by atoms with van der Waals surface area (Å²) < 4.78 is 0. The van der Waals surface area contributed by atoms with E-state index < -0.39 is 0 Å². The van der Waals surface area contributed by atoms with Gasteiger partial charge < -0.3 is 10.2 Å². The van der Waals surface area contributed by atoms with Gasteiger partial charge in [-0.25, -0.2) is 4.79 Å². The first-order valence-corrected chi connectivity index (χ1v) is 6.53. The lowest BCUT2D eigenvalue weighted by atomic mass is 10.1. The summed E-state index contributed by atoms with van der Waals surface area (Å²) in [7, 11) is 0. The number of carbonyl (C=O) groups is 1. The van der Waals surface area contributed by atoms with Crippen molar-refractivity contribution in [1.82, 2.24) is 10.2 Å². The van der Waals surface area contributed by atoms with Crippen molar-refractivity contribution < 1.29 is 4.79 Å².